The van der Waals surface area contributed by atoms with Crippen molar-refractivity contribution < 1.29 is 87.4 Å². The van der Waals surface area contributed by atoms with Crippen LogP contribution in [0.1, 0.15) is 92.4 Å². The Balaban J connectivity index is 1.13. The number of fused-ring (bicyclic) bond motifs is 5. The lowest BCUT2D eigenvalue weighted by Gasteiger charge is -2.65. The topological polar surface area (TPSA) is 260 Å². The summed E-state index contributed by atoms with van der Waals surface area (Å²) >= 11 is 0. The van der Waals surface area contributed by atoms with E-state index < -0.39 is 114 Å². The van der Waals surface area contributed by atoms with Crippen molar-refractivity contribution in [2.75, 3.05) is 13.2 Å². The maximum absolute atomic E-state index is 13.4. The highest BCUT2D eigenvalue weighted by atomic mass is 16.8. The predicted octanol–water partition coefficient (Wildman–Crippen LogP) is 0.287. The first-order valence-corrected chi connectivity index (χ1v) is 20.7. The quantitative estimate of drug-likeness (QED) is 0.0857. The third kappa shape index (κ3) is 7.53. The summed E-state index contributed by atoms with van der Waals surface area (Å²) in [6.45, 7) is 6.57. The van der Waals surface area contributed by atoms with Crippen molar-refractivity contribution in [1.82, 2.24) is 0 Å². The van der Waals surface area contributed by atoms with Crippen LogP contribution in [0.3, 0.4) is 0 Å². The molecule has 0 bridgehead atoms. The van der Waals surface area contributed by atoms with Crippen molar-refractivity contribution in [3.8, 4) is 0 Å². The molecule has 0 radical (unpaired) electrons. The van der Waals surface area contributed by atoms with E-state index in [0.717, 1.165) is 32.6 Å². The van der Waals surface area contributed by atoms with Crippen LogP contribution in [-0.2, 0) is 61.9 Å². The third-order valence-electron chi connectivity index (χ3n) is 14.9. The van der Waals surface area contributed by atoms with Gasteiger partial charge in [-0.15, -0.1) is 0 Å². The van der Waals surface area contributed by atoms with Crippen LogP contribution in [-0.4, -0.2) is 148 Å². The smallest absolute Gasteiger partial charge is 0.331 e. The molecule has 3 heterocycles. The van der Waals surface area contributed by atoms with E-state index in [1.54, 1.807) is 0 Å². The third-order valence-corrected chi connectivity index (χ3v) is 14.9. The fourth-order valence-corrected chi connectivity index (χ4v) is 12.1. The van der Waals surface area contributed by atoms with Crippen molar-refractivity contribution in [3.63, 3.8) is 0 Å². The summed E-state index contributed by atoms with van der Waals surface area (Å²) in [4.78, 5) is 62.8. The van der Waals surface area contributed by atoms with E-state index in [0.29, 0.717) is 32.1 Å². The second kappa shape index (κ2) is 16.3. The van der Waals surface area contributed by atoms with Gasteiger partial charge in [-0.2, -0.15) is 0 Å². The number of esters is 4. The molecule has 59 heavy (non-hydrogen) atoms. The molecule has 0 aromatic heterocycles. The number of aliphatic hydroxyl groups is 5. The molecule has 18 atom stereocenters. The molecular formula is C41H58O18. The molecule has 5 N–H and O–H groups in total. The van der Waals surface area contributed by atoms with Crippen molar-refractivity contribution in [2.24, 2.45) is 28.6 Å². The number of carbonyl (C=O) groups excluding carboxylic acids is 5. The largest absolute Gasteiger partial charge is 0.458 e. The van der Waals surface area contributed by atoms with Gasteiger partial charge < -0.3 is 68.2 Å². The number of hydrogen-bond acceptors (Lipinski definition) is 18. The second-order valence-corrected chi connectivity index (χ2v) is 18.0. The Kier molecular flexibility index (Phi) is 12.2. The molecule has 2 saturated heterocycles. The molecule has 0 spiro atoms. The molecule has 7 aliphatic rings. The van der Waals surface area contributed by atoms with Gasteiger partial charge in [0.05, 0.1) is 35.4 Å². The minimum absolute atomic E-state index is 0.0285. The van der Waals surface area contributed by atoms with E-state index in [1.807, 2.05) is 0 Å². The first kappa shape index (κ1) is 44.0. The lowest BCUT2D eigenvalue weighted by Crippen LogP contribution is -2.69. The average molecular weight is 839 g/mol. The van der Waals surface area contributed by atoms with Gasteiger partial charge in [0.25, 0.3) is 0 Å². The molecule has 6 fully saturated rings. The van der Waals surface area contributed by atoms with Crippen molar-refractivity contribution >= 4 is 30.2 Å². The predicted molar refractivity (Wildman–Crippen MR) is 196 cm³/mol. The van der Waals surface area contributed by atoms with Gasteiger partial charge in [0.1, 0.15) is 37.3 Å². The van der Waals surface area contributed by atoms with Crippen molar-refractivity contribution in [2.45, 2.75) is 171 Å². The maximum atomic E-state index is 13.4. The fraction of sp³-hybridized carbons (Fsp3) is 0.829. The maximum Gasteiger partial charge on any atom is 0.331 e. The Morgan fingerprint density at radius 1 is 0.814 bits per heavy atom. The molecule has 330 valence electrons. The average Bonchev–Trinajstić information content (AvgIpc) is 3.72. The summed E-state index contributed by atoms with van der Waals surface area (Å²) in [7, 11) is 0. The van der Waals surface area contributed by atoms with Crippen molar-refractivity contribution in [1.29, 1.82) is 0 Å². The molecular weight excluding hydrogens is 780 g/mol. The highest BCUT2D eigenvalue weighted by Gasteiger charge is 2.72. The molecule has 0 aromatic carbocycles. The zero-order chi connectivity index (χ0) is 42.8. The lowest BCUT2D eigenvalue weighted by molar-refractivity contribution is -0.341. The van der Waals surface area contributed by atoms with E-state index in [4.69, 9.17) is 37.9 Å². The number of rotatable bonds is 10. The molecule has 18 heteroatoms. The number of aliphatic hydroxyl groups excluding tert-OH is 3. The first-order chi connectivity index (χ1) is 27.8. The summed E-state index contributed by atoms with van der Waals surface area (Å²) in [5.41, 5.74) is -3.58. The summed E-state index contributed by atoms with van der Waals surface area (Å²) in [6, 6.07) is 0. The van der Waals surface area contributed by atoms with Crippen LogP contribution in [0, 0.1) is 28.6 Å². The van der Waals surface area contributed by atoms with Gasteiger partial charge >= 0.3 is 23.9 Å². The summed E-state index contributed by atoms with van der Waals surface area (Å²) in [5, 5.41) is 56.3. The van der Waals surface area contributed by atoms with E-state index in [1.165, 1.54) is 13.0 Å². The van der Waals surface area contributed by atoms with Crippen LogP contribution >= 0.6 is 0 Å². The van der Waals surface area contributed by atoms with Gasteiger partial charge in [0, 0.05) is 38.7 Å². The fourth-order valence-electron chi connectivity index (χ4n) is 12.1. The molecule has 18 nitrogen and oxygen atoms in total. The standard InChI is InChI=1S/C41H58O18/c1-19-30(47)31(48)32(49)36(54-19)53-17-28-33(55-20(2)43)34(56-21(3)44)35(57-22(4)45)37(59-28)58-24-6-11-39(18-42)26-7-10-38(5)25(23-14-29(46)52-16-23)9-13-41(38,51)27(26)8-12-40(39,50)15-24/h14,18-19,24-28,30-37,47-51H,6-13,15-17H2,1-5H3/t19-,24-,25+,26-,27+,28+,30+,31+,32+,33-,34+,35-,36-,37-,38-,39+,40-,41+/m1/s1. The zero-order valence-electron chi connectivity index (χ0n) is 34.1. The molecule has 0 amide bonds. The molecule has 3 aliphatic heterocycles. The Labute approximate surface area is 341 Å². The number of aldehydes is 1. The Hall–Kier alpha value is -3.07. The second-order valence-electron chi connectivity index (χ2n) is 18.0. The summed E-state index contributed by atoms with van der Waals surface area (Å²) in [6.07, 6.45) is -9.40. The van der Waals surface area contributed by atoms with Crippen LogP contribution in [0.5, 0.6) is 0 Å². The number of ether oxygens (including phenoxy) is 8. The molecule has 4 aliphatic carbocycles. The highest BCUT2D eigenvalue weighted by Crippen LogP contribution is 2.70. The number of carbonyl (C=O) groups is 5. The van der Waals surface area contributed by atoms with Gasteiger partial charge in [0.15, 0.2) is 30.9 Å². The Morgan fingerprint density at radius 2 is 1.47 bits per heavy atom. The minimum atomic E-state index is -1.68. The Morgan fingerprint density at radius 3 is 2.12 bits per heavy atom. The highest BCUT2D eigenvalue weighted by molar-refractivity contribution is 5.85. The molecule has 7 rings (SSSR count). The van der Waals surface area contributed by atoms with Gasteiger partial charge in [-0.3, -0.25) is 14.4 Å². The molecule has 4 saturated carbocycles. The van der Waals surface area contributed by atoms with Crippen LogP contribution in [0.25, 0.3) is 0 Å². The normalized spacial score (nSPS) is 48.0. The lowest BCUT2D eigenvalue weighted by atomic mass is 9.41. The van der Waals surface area contributed by atoms with E-state index in [-0.39, 0.29) is 56.0 Å². The number of hydrogen-bond donors (Lipinski definition) is 5. The Bertz CT molecular complexity index is 1690. The van der Waals surface area contributed by atoms with E-state index >= 15 is 0 Å². The van der Waals surface area contributed by atoms with Crippen LogP contribution in [0.15, 0.2) is 11.6 Å². The van der Waals surface area contributed by atoms with Gasteiger partial charge in [-0.05, 0) is 81.6 Å². The molecule has 0 aromatic rings. The van der Waals surface area contributed by atoms with E-state index in [2.05, 4.69) is 6.92 Å². The summed E-state index contributed by atoms with van der Waals surface area (Å²) in [5.74, 6) is -3.49. The zero-order valence-corrected chi connectivity index (χ0v) is 34.1. The molecule has 0 unspecified atom stereocenters. The number of cyclic esters (lactones) is 1. The van der Waals surface area contributed by atoms with Crippen LogP contribution < -0.4 is 0 Å². The first-order valence-electron chi connectivity index (χ1n) is 20.7. The van der Waals surface area contributed by atoms with E-state index in [9.17, 15) is 49.5 Å². The van der Waals surface area contributed by atoms with Crippen LogP contribution in [0.4, 0.5) is 0 Å². The monoisotopic (exact) mass is 838 g/mol. The SMILES string of the molecule is CC(=O)O[C@@H]1[C@@H](OC(C)=O)[C@H](O[C@@H]2CC[C@]3(C=O)[C@@H]4CC[C@]5(C)[C@H](C6=CC(=O)OC6)CC[C@]5(O)[C@H]4CC[C@@]3(O)C2)O[C@@H](CO[C@@H]2O[C@H](C)[C@H](O)[C@H](O)[C@@H]2O)[C@H]1OC(C)=O. The van der Waals surface area contributed by atoms with Crippen molar-refractivity contribution in [3.05, 3.63) is 11.6 Å². The van der Waals surface area contributed by atoms with Gasteiger partial charge in [-0.25, -0.2) is 4.79 Å². The van der Waals surface area contributed by atoms with Crippen LogP contribution in [0.2, 0.25) is 0 Å². The summed E-state index contributed by atoms with van der Waals surface area (Å²) < 4.78 is 46.2. The minimum Gasteiger partial charge on any atom is -0.458 e. The van der Waals surface area contributed by atoms with Gasteiger partial charge in [0.2, 0.25) is 0 Å². The van der Waals surface area contributed by atoms with Gasteiger partial charge in [-0.1, -0.05) is 6.92 Å².